The summed E-state index contributed by atoms with van der Waals surface area (Å²) in [6, 6.07) is 0. The van der Waals surface area contributed by atoms with Crippen molar-refractivity contribution in [1.29, 1.82) is 0 Å². The van der Waals surface area contributed by atoms with E-state index in [2.05, 4.69) is 0 Å². The van der Waals surface area contributed by atoms with Crippen LogP contribution in [0.1, 0.15) is 13.3 Å². The van der Waals surface area contributed by atoms with Gasteiger partial charge in [0.2, 0.25) is 0 Å². The van der Waals surface area contributed by atoms with Gasteiger partial charge in [-0.15, -0.1) is 37.2 Å². The van der Waals surface area contributed by atoms with Crippen LogP contribution in [-0.2, 0) is 0 Å². The summed E-state index contributed by atoms with van der Waals surface area (Å²) in [5.41, 5.74) is 4.85. The molecule has 0 spiro atoms. The SMILES string of the molecule is CCC(N)O.Cl.Cl.Cl.N.N. The fourth-order valence-corrected chi connectivity index (χ4v) is 0. The summed E-state index contributed by atoms with van der Waals surface area (Å²) in [5.74, 6) is 0. The Hall–Kier alpha value is 0.710. The molecular weight excluding hydrogens is 200 g/mol. The topological polar surface area (TPSA) is 116 Å². The van der Waals surface area contributed by atoms with Crippen molar-refractivity contribution >= 4 is 37.2 Å². The van der Waals surface area contributed by atoms with Crippen molar-refractivity contribution < 1.29 is 5.11 Å². The molecule has 0 aliphatic heterocycles. The highest BCUT2D eigenvalue weighted by Crippen LogP contribution is 1.72. The van der Waals surface area contributed by atoms with Gasteiger partial charge in [0.1, 0.15) is 6.23 Å². The minimum atomic E-state index is -0.616. The van der Waals surface area contributed by atoms with Gasteiger partial charge in [0.25, 0.3) is 0 Å². The minimum absolute atomic E-state index is 0. The largest absolute Gasteiger partial charge is 0.379 e. The van der Waals surface area contributed by atoms with Crippen LogP contribution in [0.4, 0.5) is 0 Å². The van der Waals surface area contributed by atoms with Crippen LogP contribution in [0.2, 0.25) is 0 Å². The monoisotopic (exact) mass is 217 g/mol. The third-order valence-electron chi connectivity index (χ3n) is 0.418. The molecule has 0 aromatic rings. The summed E-state index contributed by atoms with van der Waals surface area (Å²) in [7, 11) is 0. The van der Waals surface area contributed by atoms with E-state index in [0.29, 0.717) is 6.42 Å². The predicted octanol–water partition coefficient (Wildman–Crippen LogP) is 1.26. The van der Waals surface area contributed by atoms with Crippen molar-refractivity contribution in [3.8, 4) is 0 Å². The number of nitrogens with two attached hydrogens (primary N) is 1. The summed E-state index contributed by atoms with van der Waals surface area (Å²) in [6.07, 6.45) is 0.0231. The zero-order valence-corrected chi connectivity index (χ0v) is 8.40. The van der Waals surface area contributed by atoms with Crippen LogP contribution >= 0.6 is 37.2 Å². The van der Waals surface area contributed by atoms with Crippen LogP contribution in [0, 0.1) is 0 Å². The lowest BCUT2D eigenvalue weighted by Gasteiger charge is -1.91. The van der Waals surface area contributed by atoms with E-state index in [-0.39, 0.29) is 49.5 Å². The van der Waals surface area contributed by atoms with Gasteiger partial charge in [-0.05, 0) is 6.42 Å². The Morgan fingerprint density at radius 2 is 1.30 bits per heavy atom. The highest BCUT2D eigenvalue weighted by atomic mass is 35.5. The van der Waals surface area contributed by atoms with Gasteiger partial charge >= 0.3 is 0 Å². The zero-order chi connectivity index (χ0) is 4.28. The molecular formula is C3H18Cl3N3O. The highest BCUT2D eigenvalue weighted by molar-refractivity contribution is 5.86. The van der Waals surface area contributed by atoms with E-state index in [1.807, 2.05) is 6.92 Å². The number of halogens is 3. The molecule has 0 amide bonds. The second-order valence-electron chi connectivity index (χ2n) is 0.976. The Bertz CT molecular complexity index is 33.0. The van der Waals surface area contributed by atoms with Crippen LogP contribution < -0.4 is 18.0 Å². The Balaban J connectivity index is -0.00000000800. The first-order chi connectivity index (χ1) is 2.27. The molecule has 0 aromatic heterocycles. The van der Waals surface area contributed by atoms with Gasteiger partial charge in [-0.25, -0.2) is 0 Å². The third kappa shape index (κ3) is 70.5. The molecule has 0 radical (unpaired) electrons. The number of rotatable bonds is 1. The third-order valence-corrected chi connectivity index (χ3v) is 0.418. The van der Waals surface area contributed by atoms with Crippen LogP contribution in [-0.4, -0.2) is 11.3 Å². The number of hydrogen-bond donors (Lipinski definition) is 4. The van der Waals surface area contributed by atoms with E-state index in [1.165, 1.54) is 0 Å². The maximum absolute atomic E-state index is 8.14. The standard InChI is InChI=1S/C3H9NO.3ClH.2H3N/c1-2-3(4)5;;;;;/h3,5H,2,4H2,1H3;3*1H;2*1H3. The Morgan fingerprint density at radius 3 is 1.30 bits per heavy atom. The molecule has 0 aliphatic carbocycles. The average molecular weight is 219 g/mol. The first-order valence-corrected chi connectivity index (χ1v) is 1.71. The fourth-order valence-electron chi connectivity index (χ4n) is 0. The molecule has 0 saturated carbocycles. The Labute approximate surface area is 80.3 Å². The molecule has 0 saturated heterocycles. The first-order valence-electron chi connectivity index (χ1n) is 1.71. The van der Waals surface area contributed by atoms with Crippen LogP contribution in [0.25, 0.3) is 0 Å². The van der Waals surface area contributed by atoms with E-state index in [0.717, 1.165) is 0 Å². The van der Waals surface area contributed by atoms with Gasteiger partial charge < -0.3 is 23.1 Å². The number of aliphatic hydroxyl groups excluding tert-OH is 1. The molecule has 1 atom stereocenters. The molecule has 72 valence electrons. The average Bonchev–Trinajstić information content (AvgIpc) is 1.38. The molecule has 0 heterocycles. The van der Waals surface area contributed by atoms with Crippen molar-refractivity contribution in [2.45, 2.75) is 19.6 Å². The van der Waals surface area contributed by atoms with E-state index in [9.17, 15) is 0 Å². The fraction of sp³-hybridized carbons (Fsp3) is 1.00. The first kappa shape index (κ1) is 45.5. The second-order valence-corrected chi connectivity index (χ2v) is 0.976. The molecule has 0 fully saturated rings. The lowest BCUT2D eigenvalue weighted by atomic mass is 10.5. The summed E-state index contributed by atoms with van der Waals surface area (Å²) < 4.78 is 0. The quantitative estimate of drug-likeness (QED) is 0.496. The molecule has 1 unspecified atom stereocenters. The van der Waals surface area contributed by atoms with Gasteiger partial charge in [-0.2, -0.15) is 0 Å². The van der Waals surface area contributed by atoms with Gasteiger partial charge in [0.15, 0.2) is 0 Å². The minimum Gasteiger partial charge on any atom is -0.379 e. The molecule has 10 heavy (non-hydrogen) atoms. The smallest absolute Gasteiger partial charge is 0.102 e. The molecule has 0 bridgehead atoms. The summed E-state index contributed by atoms with van der Waals surface area (Å²) in [5, 5.41) is 8.14. The summed E-state index contributed by atoms with van der Waals surface area (Å²) in [6.45, 7) is 1.82. The lowest BCUT2D eigenvalue weighted by Crippen LogP contribution is -2.16. The van der Waals surface area contributed by atoms with Crippen molar-refractivity contribution in [2.24, 2.45) is 5.73 Å². The Morgan fingerprint density at radius 1 is 1.20 bits per heavy atom. The molecule has 0 aliphatic rings. The molecule has 7 heteroatoms. The number of hydrogen-bond acceptors (Lipinski definition) is 4. The van der Waals surface area contributed by atoms with Gasteiger partial charge in [0, 0.05) is 0 Å². The van der Waals surface area contributed by atoms with Gasteiger partial charge in [-0.1, -0.05) is 6.92 Å². The van der Waals surface area contributed by atoms with Crippen molar-refractivity contribution in [1.82, 2.24) is 12.3 Å². The second kappa shape index (κ2) is 33.2. The molecule has 0 aromatic carbocycles. The zero-order valence-electron chi connectivity index (χ0n) is 5.95. The summed E-state index contributed by atoms with van der Waals surface area (Å²) in [4.78, 5) is 0. The van der Waals surface area contributed by atoms with Crippen LogP contribution in [0.15, 0.2) is 0 Å². The molecule has 4 nitrogen and oxygen atoms in total. The maximum Gasteiger partial charge on any atom is 0.102 e. The van der Waals surface area contributed by atoms with Crippen LogP contribution in [0.5, 0.6) is 0 Å². The number of aliphatic hydroxyl groups is 1. The van der Waals surface area contributed by atoms with E-state index < -0.39 is 6.23 Å². The predicted molar refractivity (Wildman–Crippen MR) is 52.3 cm³/mol. The summed E-state index contributed by atoms with van der Waals surface area (Å²) >= 11 is 0. The van der Waals surface area contributed by atoms with Gasteiger partial charge in [0.05, 0.1) is 0 Å². The van der Waals surface area contributed by atoms with E-state index in [4.69, 9.17) is 10.8 Å². The van der Waals surface area contributed by atoms with Crippen molar-refractivity contribution in [2.75, 3.05) is 0 Å². The molecule has 9 N–H and O–H groups in total. The van der Waals surface area contributed by atoms with Gasteiger partial charge in [-0.3, -0.25) is 0 Å². The normalized spacial score (nSPS) is 7.50. The lowest BCUT2D eigenvalue weighted by molar-refractivity contribution is 0.178. The molecule has 0 rings (SSSR count). The maximum atomic E-state index is 8.14. The Kier molecular flexibility index (Phi) is 151. The van der Waals surface area contributed by atoms with Crippen molar-refractivity contribution in [3.63, 3.8) is 0 Å². The van der Waals surface area contributed by atoms with E-state index >= 15 is 0 Å². The van der Waals surface area contributed by atoms with Crippen molar-refractivity contribution in [3.05, 3.63) is 0 Å². The van der Waals surface area contributed by atoms with E-state index in [1.54, 1.807) is 0 Å². The highest BCUT2D eigenvalue weighted by Gasteiger charge is 1.81. The van der Waals surface area contributed by atoms with Crippen LogP contribution in [0.3, 0.4) is 0 Å².